The van der Waals surface area contributed by atoms with Gasteiger partial charge < -0.3 is 20.9 Å². The van der Waals surface area contributed by atoms with E-state index in [9.17, 15) is 0 Å². The van der Waals surface area contributed by atoms with Crippen molar-refractivity contribution in [1.29, 1.82) is 0 Å². The van der Waals surface area contributed by atoms with Gasteiger partial charge in [0.1, 0.15) is 21.5 Å². The lowest BCUT2D eigenvalue weighted by atomic mass is 10.2. The summed E-state index contributed by atoms with van der Waals surface area (Å²) in [6, 6.07) is 11.0. The molecule has 0 spiro atoms. The van der Waals surface area contributed by atoms with Crippen LogP contribution in [0.2, 0.25) is 25.1 Å². The van der Waals surface area contributed by atoms with E-state index in [0.29, 0.717) is 27.2 Å². The topological polar surface area (TPSA) is 70.5 Å². The monoisotopic (exact) mass is 462 g/mol. The van der Waals surface area contributed by atoms with Crippen LogP contribution in [0.4, 0.5) is 11.4 Å². The van der Waals surface area contributed by atoms with E-state index in [0.717, 1.165) is 0 Å². The van der Waals surface area contributed by atoms with Crippen LogP contribution in [0.1, 0.15) is 0 Å². The molecule has 0 aliphatic rings. The van der Waals surface area contributed by atoms with E-state index in [1.54, 1.807) is 30.3 Å². The normalized spacial score (nSPS) is 10.7. The third-order valence-electron chi connectivity index (χ3n) is 3.42. The zero-order valence-corrected chi connectivity index (χ0v) is 17.2. The molecule has 9 heteroatoms. The average Bonchev–Trinajstić information content (AvgIpc) is 2.62. The first-order valence-corrected chi connectivity index (χ1v) is 9.28. The lowest BCUT2D eigenvalue weighted by Crippen LogP contribution is -1.94. The third kappa shape index (κ3) is 4.42. The number of rotatable bonds is 4. The maximum Gasteiger partial charge on any atom is 0.170 e. The maximum atomic E-state index is 6.43. The number of nitrogens with two attached hydrogens (primary N) is 2. The molecular weight excluding hydrogens is 453 g/mol. The fraction of sp³-hybridized carbons (Fsp3) is 0. The van der Waals surface area contributed by atoms with E-state index in [1.165, 1.54) is 12.1 Å². The number of halogens is 5. The number of anilines is 2. The fourth-order valence-corrected chi connectivity index (χ4v) is 3.11. The summed E-state index contributed by atoms with van der Waals surface area (Å²) >= 11 is 31.2. The number of benzene rings is 3. The molecule has 3 aromatic carbocycles. The fourth-order valence-electron chi connectivity index (χ4n) is 2.15. The molecular formula is C18H11Cl5N2O2. The molecule has 0 unspecified atom stereocenters. The lowest BCUT2D eigenvalue weighted by molar-refractivity contribution is 0.461. The summed E-state index contributed by atoms with van der Waals surface area (Å²) in [5.74, 6) is 0.794. The predicted molar refractivity (Wildman–Crippen MR) is 113 cm³/mol. The molecule has 0 atom stereocenters. The Kier molecular flexibility index (Phi) is 6.04. The minimum atomic E-state index is 0.0633. The Hall–Kier alpha value is -1.69. The first kappa shape index (κ1) is 20.1. The second-order valence-electron chi connectivity index (χ2n) is 5.40. The average molecular weight is 465 g/mol. The van der Waals surface area contributed by atoms with Gasteiger partial charge in [0, 0.05) is 29.6 Å². The van der Waals surface area contributed by atoms with Crippen molar-refractivity contribution in [1.82, 2.24) is 0 Å². The number of hydrogen-bond acceptors (Lipinski definition) is 4. The van der Waals surface area contributed by atoms with Gasteiger partial charge in [0.15, 0.2) is 11.5 Å². The first-order chi connectivity index (χ1) is 12.8. The highest BCUT2D eigenvalue weighted by molar-refractivity contribution is 6.45. The molecule has 0 saturated carbocycles. The Morgan fingerprint density at radius 3 is 1.63 bits per heavy atom. The van der Waals surface area contributed by atoms with E-state index >= 15 is 0 Å². The van der Waals surface area contributed by atoms with Crippen molar-refractivity contribution < 1.29 is 9.47 Å². The minimum Gasteiger partial charge on any atom is -0.454 e. The molecule has 0 amide bonds. The lowest BCUT2D eigenvalue weighted by Gasteiger charge is -2.16. The van der Waals surface area contributed by atoms with E-state index in [4.69, 9.17) is 78.9 Å². The largest absolute Gasteiger partial charge is 0.454 e. The molecule has 4 N–H and O–H groups in total. The van der Waals surface area contributed by atoms with Gasteiger partial charge in [-0.25, -0.2) is 0 Å². The maximum absolute atomic E-state index is 6.43. The molecule has 0 heterocycles. The van der Waals surface area contributed by atoms with E-state index in [-0.39, 0.29) is 32.3 Å². The van der Waals surface area contributed by atoms with Gasteiger partial charge in [-0.1, -0.05) is 58.0 Å². The van der Waals surface area contributed by atoms with Gasteiger partial charge in [0.25, 0.3) is 0 Å². The van der Waals surface area contributed by atoms with Gasteiger partial charge in [0.2, 0.25) is 0 Å². The molecule has 0 radical (unpaired) electrons. The molecule has 0 bridgehead atoms. The highest BCUT2D eigenvalue weighted by Gasteiger charge is 2.20. The Morgan fingerprint density at radius 1 is 0.556 bits per heavy atom. The second kappa shape index (κ2) is 8.13. The molecule has 4 nitrogen and oxygen atoms in total. The van der Waals surface area contributed by atoms with Gasteiger partial charge in [0.05, 0.1) is 15.1 Å². The SMILES string of the molecule is Nc1ccc(Cl)c(Oc2cc(Cl)c(Cl)c(Oc3cc(N)ccc3Cl)c2Cl)c1. The highest BCUT2D eigenvalue weighted by Crippen LogP contribution is 2.48. The van der Waals surface area contributed by atoms with Gasteiger partial charge in [-0.05, 0) is 24.3 Å². The summed E-state index contributed by atoms with van der Waals surface area (Å²) in [4.78, 5) is 0. The summed E-state index contributed by atoms with van der Waals surface area (Å²) in [6.45, 7) is 0. The van der Waals surface area contributed by atoms with Crippen LogP contribution in [-0.4, -0.2) is 0 Å². The predicted octanol–water partition coefficient (Wildman–Crippen LogP) is 7.70. The summed E-state index contributed by atoms with van der Waals surface area (Å²) in [5, 5.41) is 0.976. The van der Waals surface area contributed by atoms with Crippen molar-refractivity contribution in [3.8, 4) is 23.0 Å². The van der Waals surface area contributed by atoms with Gasteiger partial charge in [-0.3, -0.25) is 0 Å². The van der Waals surface area contributed by atoms with Crippen LogP contribution in [0.15, 0.2) is 42.5 Å². The molecule has 0 aliphatic carbocycles. The van der Waals surface area contributed by atoms with Crippen molar-refractivity contribution in [3.05, 3.63) is 67.6 Å². The van der Waals surface area contributed by atoms with Crippen molar-refractivity contribution in [2.75, 3.05) is 11.5 Å². The number of nitrogen functional groups attached to an aromatic ring is 2. The Morgan fingerprint density at radius 2 is 1.07 bits per heavy atom. The van der Waals surface area contributed by atoms with Crippen LogP contribution in [0.25, 0.3) is 0 Å². The summed E-state index contributed by atoms with van der Waals surface area (Å²) in [5.41, 5.74) is 12.5. The molecule has 140 valence electrons. The van der Waals surface area contributed by atoms with Crippen LogP contribution in [0.5, 0.6) is 23.0 Å². The van der Waals surface area contributed by atoms with Crippen LogP contribution in [0.3, 0.4) is 0 Å². The molecule has 27 heavy (non-hydrogen) atoms. The second-order valence-corrected chi connectivity index (χ2v) is 7.37. The Balaban J connectivity index is 2.05. The summed E-state index contributed by atoms with van der Waals surface area (Å²) in [6.07, 6.45) is 0. The van der Waals surface area contributed by atoms with Crippen LogP contribution in [0, 0.1) is 0 Å². The zero-order chi connectivity index (χ0) is 19.7. The van der Waals surface area contributed by atoms with Crippen molar-refractivity contribution in [3.63, 3.8) is 0 Å². The smallest absolute Gasteiger partial charge is 0.170 e. The van der Waals surface area contributed by atoms with E-state index in [2.05, 4.69) is 0 Å². The van der Waals surface area contributed by atoms with Crippen molar-refractivity contribution in [2.45, 2.75) is 0 Å². The molecule has 0 fully saturated rings. The van der Waals surface area contributed by atoms with Gasteiger partial charge in [-0.2, -0.15) is 0 Å². The van der Waals surface area contributed by atoms with Gasteiger partial charge >= 0.3 is 0 Å². The Labute approximate surface area is 180 Å². The molecule has 3 aromatic rings. The number of ether oxygens (including phenoxy) is 2. The molecule has 0 saturated heterocycles. The molecule has 0 aromatic heterocycles. The summed E-state index contributed by atoms with van der Waals surface area (Å²) in [7, 11) is 0. The van der Waals surface area contributed by atoms with Gasteiger partial charge in [-0.15, -0.1) is 0 Å². The Bertz CT molecular complexity index is 1030. The van der Waals surface area contributed by atoms with Crippen molar-refractivity contribution in [2.24, 2.45) is 0 Å². The van der Waals surface area contributed by atoms with E-state index < -0.39 is 0 Å². The molecule has 0 aliphatic heterocycles. The van der Waals surface area contributed by atoms with Crippen LogP contribution >= 0.6 is 58.0 Å². The quantitative estimate of drug-likeness (QED) is 0.306. The van der Waals surface area contributed by atoms with Crippen molar-refractivity contribution >= 4 is 69.4 Å². The molecule has 3 rings (SSSR count). The first-order valence-electron chi connectivity index (χ1n) is 7.39. The summed E-state index contributed by atoms with van der Waals surface area (Å²) < 4.78 is 11.5. The standard InChI is InChI=1S/C18H11Cl5N2O2/c19-10-3-1-8(24)5-13(10)26-15-7-12(21)16(22)18(17(15)23)27-14-6-9(25)2-4-11(14)20/h1-7H,24-25H2. The number of hydrogen-bond donors (Lipinski definition) is 2. The minimum absolute atomic E-state index is 0.0633. The highest BCUT2D eigenvalue weighted by atomic mass is 35.5. The zero-order valence-electron chi connectivity index (χ0n) is 13.4. The van der Waals surface area contributed by atoms with Crippen LogP contribution < -0.4 is 20.9 Å². The van der Waals surface area contributed by atoms with E-state index in [1.807, 2.05) is 0 Å². The third-order valence-corrected chi connectivity index (χ3v) is 5.18. The van der Waals surface area contributed by atoms with Crippen LogP contribution in [-0.2, 0) is 0 Å².